The average molecular weight is 1370 g/mol. The molecule has 0 saturated carbocycles. The van der Waals surface area contributed by atoms with Crippen LogP contribution in [0.4, 0.5) is 0 Å². The molecular formula is C96H82N4OSi. The van der Waals surface area contributed by atoms with Gasteiger partial charge < -0.3 is 4.74 Å². The Balaban J connectivity index is 1.20. The molecule has 16 aromatic rings. The number of benzene rings is 13. The third-order valence-corrected chi connectivity index (χ3v) is 22.3. The molecule has 0 unspecified atom stereocenters. The summed E-state index contributed by atoms with van der Waals surface area (Å²) in [4.78, 5) is 4.88. The molecule has 0 fully saturated rings. The number of ether oxygens (including phenoxy) is 1. The minimum Gasteiger partial charge on any atom is -0.458 e. The number of rotatable bonds is 14. The number of aromatic nitrogens is 4. The van der Waals surface area contributed by atoms with E-state index in [1.165, 1.54) is 10.6 Å². The lowest BCUT2D eigenvalue weighted by atomic mass is 9.79. The zero-order chi connectivity index (χ0) is 98.6. The molecule has 3 heterocycles. The topological polar surface area (TPSA) is 35.9 Å². The maximum atomic E-state index is 11.1. The van der Waals surface area contributed by atoms with Gasteiger partial charge in [0.15, 0.2) is 8.07 Å². The first-order valence-corrected chi connectivity index (χ1v) is 34.9. The second kappa shape index (κ2) is 26.1. The minimum atomic E-state index is -6.97. The van der Waals surface area contributed by atoms with Crippen LogP contribution in [-0.4, -0.2) is 22.2 Å². The highest BCUT2D eigenvalue weighted by molar-refractivity contribution is 7.20. The standard InChI is InChI=1S/C96H82N4OSi/c1-94(2,3)75-51-52-97-92(62-75)100-87-46-29-28-45-84(87)85-49-48-80(64-89(85)100)101-79-38-30-37-78(63-79)98-65-99(88-50-47-69(59-90(88)98)72-56-76(95(4,5)6)61-77(57-72)96(7,8)9)93-86(74-54-70(66-31-16-10-17-32-66)53-71(55-74)67-33-18-11-19-34-67)58-73(68-35-20-12-21-36-68)60-91(93)102(81-39-22-13-23-40-81,82-41-24-14-25-42-82)83-43-26-15-27-44-83/h10-64H,1-9H3/i10D,11D,12D,13D,14D,15D,16D,17D,18D,19D,20D,21D,22D,23D,24D,25D,26D,27D,31D,32D,33D,34D,35D,36D,39D,40D,41D,42D,43D,44D,53D,54D,55D. The van der Waals surface area contributed by atoms with E-state index in [1.54, 1.807) is 48.7 Å². The van der Waals surface area contributed by atoms with Gasteiger partial charge in [0.25, 0.3) is 6.33 Å². The fourth-order valence-corrected chi connectivity index (χ4v) is 17.0. The van der Waals surface area contributed by atoms with E-state index in [-0.39, 0.29) is 27.9 Å². The first-order valence-electron chi connectivity index (χ1n) is 49.4. The molecule has 0 radical (unpaired) electrons. The predicted molar refractivity (Wildman–Crippen MR) is 429 cm³/mol. The Bertz CT molecular complexity index is 7430. The van der Waals surface area contributed by atoms with Crippen molar-refractivity contribution >= 4 is 61.7 Å². The molecule has 496 valence electrons. The molecule has 5 nitrogen and oxygen atoms in total. The van der Waals surface area contributed by atoms with E-state index in [4.69, 9.17) is 13.8 Å². The van der Waals surface area contributed by atoms with Gasteiger partial charge in [-0.3, -0.25) is 13.7 Å². The van der Waals surface area contributed by atoms with Gasteiger partial charge in [0, 0.05) is 23.0 Å². The Morgan fingerprint density at radius 1 is 0.392 bits per heavy atom. The van der Waals surface area contributed by atoms with E-state index in [2.05, 4.69) is 33.2 Å². The number of fused-ring (bicyclic) bond motifs is 4. The van der Waals surface area contributed by atoms with Gasteiger partial charge in [0.2, 0.25) is 0 Å². The molecule has 16 rings (SSSR count). The highest BCUT2D eigenvalue weighted by atomic mass is 28.3. The lowest BCUT2D eigenvalue weighted by Gasteiger charge is -2.37. The van der Waals surface area contributed by atoms with Gasteiger partial charge >= 0.3 is 0 Å². The van der Waals surface area contributed by atoms with Crippen molar-refractivity contribution < 1.29 is 54.5 Å². The third kappa shape index (κ3) is 12.2. The van der Waals surface area contributed by atoms with Crippen LogP contribution in [0.3, 0.4) is 0 Å². The summed E-state index contributed by atoms with van der Waals surface area (Å²) >= 11 is 0. The van der Waals surface area contributed by atoms with Crippen LogP contribution >= 0.6 is 0 Å². The normalized spacial score (nSPS) is 16.7. The summed E-state index contributed by atoms with van der Waals surface area (Å²) in [5.74, 6) is 1.05. The zero-order valence-electron chi connectivity index (χ0n) is 89.9. The first-order chi connectivity index (χ1) is 63.1. The van der Waals surface area contributed by atoms with Crippen LogP contribution in [-0.2, 0) is 16.2 Å². The fraction of sp³-hybridized carbons (Fsp3) is 0.125. The third-order valence-electron chi connectivity index (χ3n) is 18.1. The van der Waals surface area contributed by atoms with Gasteiger partial charge in [-0.1, -0.05) is 304 Å². The minimum absolute atomic E-state index is 0.0599. The van der Waals surface area contributed by atoms with Gasteiger partial charge in [-0.2, -0.15) is 0 Å². The Kier molecular flexibility index (Phi) is 9.64. The number of imidazole rings is 1. The SMILES string of the molecule is [2H]c1c([2H])c([2H])c(-c2cc(-c3c([2H])c(-c4c([2H])c([2H])c([2H])c([2H])c4[2H])c([2H])c(-c4c([2H])c([2H])c([2H])c([2H])c4[2H])c3[2H])c(-[n+]3[c-]n(-c4cccc(Oc5ccc6c7ccccc7n(-c7cc(C(C)(C)C)ccn7)c6c5)c4)c4cc(-c5cc(C(C)(C)C)cc(C(C)(C)C)c5)ccc43)c([Si](c3c([2H])c([2H])c([2H])c([2H])c3[2H])(c3c([2H])c([2H])c([2H])c([2H])c3[2H])c3c([2H])c([2H])c([2H])c([2H])c3[2H])c2)c([2H])c1[2H]. The summed E-state index contributed by atoms with van der Waals surface area (Å²) in [5, 5.41) is -2.73. The second-order valence-electron chi connectivity index (χ2n) is 27.7. The van der Waals surface area contributed by atoms with Crippen molar-refractivity contribution in [3.63, 3.8) is 0 Å². The maximum absolute atomic E-state index is 11.1. The van der Waals surface area contributed by atoms with E-state index in [0.29, 0.717) is 28.2 Å². The van der Waals surface area contributed by atoms with E-state index in [9.17, 15) is 41.1 Å². The van der Waals surface area contributed by atoms with E-state index >= 15 is 0 Å². The number of hydrogen-bond donors (Lipinski definition) is 0. The summed E-state index contributed by atoms with van der Waals surface area (Å²) in [5.41, 5.74) is -4.51. The zero-order valence-corrected chi connectivity index (χ0v) is 57.9. The monoisotopic (exact) mass is 1370 g/mol. The van der Waals surface area contributed by atoms with Gasteiger partial charge in [0.1, 0.15) is 17.3 Å². The molecule has 6 heteroatoms. The largest absolute Gasteiger partial charge is 0.458 e. The lowest BCUT2D eigenvalue weighted by Crippen LogP contribution is -2.76. The van der Waals surface area contributed by atoms with Crippen LogP contribution in [0.25, 0.3) is 106 Å². The van der Waals surface area contributed by atoms with Crippen molar-refractivity contribution in [1.29, 1.82) is 0 Å². The smallest absolute Gasteiger partial charge is 0.269 e. The number of pyridine rings is 1. The fourth-order valence-electron chi connectivity index (χ4n) is 13.0. The van der Waals surface area contributed by atoms with Crippen molar-refractivity contribution in [1.82, 2.24) is 14.1 Å². The van der Waals surface area contributed by atoms with Crippen LogP contribution in [0.5, 0.6) is 11.5 Å². The highest BCUT2D eigenvalue weighted by Gasteiger charge is 2.44. The maximum Gasteiger partial charge on any atom is 0.269 e. The van der Waals surface area contributed by atoms with Gasteiger partial charge in [-0.05, 0) is 188 Å². The highest BCUT2D eigenvalue weighted by Crippen LogP contribution is 2.42. The average Bonchev–Trinajstić information content (AvgIpc) is 1.29. The Morgan fingerprint density at radius 2 is 0.902 bits per heavy atom. The van der Waals surface area contributed by atoms with Gasteiger partial charge in [-0.25, -0.2) is 4.98 Å². The van der Waals surface area contributed by atoms with E-state index < -0.39 is 289 Å². The van der Waals surface area contributed by atoms with Crippen LogP contribution in [0.1, 0.15) is 124 Å². The van der Waals surface area contributed by atoms with Gasteiger partial charge in [-0.15, -0.1) is 0 Å². The molecule has 0 saturated heterocycles. The van der Waals surface area contributed by atoms with Gasteiger partial charge in [0.05, 0.1) is 78.7 Å². The number of para-hydroxylation sites is 1. The molecule has 3 aromatic heterocycles. The first kappa shape index (κ1) is 37.6. The Hall–Kier alpha value is -11.7. The Labute approximate surface area is 647 Å². The van der Waals surface area contributed by atoms with Crippen LogP contribution < -0.4 is 30.1 Å². The van der Waals surface area contributed by atoms with Crippen LogP contribution in [0.15, 0.2) is 333 Å². The molecule has 0 aliphatic carbocycles. The molecule has 13 aromatic carbocycles. The van der Waals surface area contributed by atoms with Crippen molar-refractivity contribution in [2.24, 2.45) is 0 Å². The lowest BCUT2D eigenvalue weighted by molar-refractivity contribution is -0.570. The molecular weight excluding hydrogens is 1250 g/mol. The molecule has 0 amide bonds. The molecule has 0 spiro atoms. The van der Waals surface area contributed by atoms with Crippen LogP contribution in [0.2, 0.25) is 0 Å². The molecule has 0 aliphatic rings. The van der Waals surface area contributed by atoms with Crippen LogP contribution in [0, 0.1) is 6.33 Å². The number of nitrogens with zero attached hydrogens (tertiary/aromatic N) is 4. The summed E-state index contributed by atoms with van der Waals surface area (Å²) in [6, 6.07) is -2.37. The predicted octanol–water partition coefficient (Wildman–Crippen LogP) is 21.6. The summed E-state index contributed by atoms with van der Waals surface area (Å²) in [7, 11) is -6.97. The molecule has 0 aliphatic heterocycles. The molecule has 0 N–H and O–H groups in total. The second-order valence-corrected chi connectivity index (χ2v) is 31.3. The molecule has 0 atom stereocenters. The summed E-state index contributed by atoms with van der Waals surface area (Å²) in [6.45, 7) is 18.5. The molecule has 102 heavy (non-hydrogen) atoms. The van der Waals surface area contributed by atoms with E-state index in [0.717, 1.165) is 49.7 Å². The van der Waals surface area contributed by atoms with E-state index in [1.807, 2.05) is 107 Å². The Morgan fingerprint density at radius 3 is 1.47 bits per heavy atom. The van der Waals surface area contributed by atoms with Crippen molar-refractivity contribution in [3.05, 3.63) is 356 Å². The van der Waals surface area contributed by atoms with Crippen molar-refractivity contribution in [2.75, 3.05) is 0 Å². The number of hydrogen-bond acceptors (Lipinski definition) is 2. The van der Waals surface area contributed by atoms with Crippen molar-refractivity contribution in [3.8, 4) is 84.3 Å². The quantitative estimate of drug-likeness (QED) is 0.0471. The van der Waals surface area contributed by atoms with Crippen molar-refractivity contribution in [2.45, 2.75) is 78.6 Å². The summed E-state index contributed by atoms with van der Waals surface area (Å²) in [6.07, 6.45) is 5.19. The molecule has 0 bridgehead atoms. The summed E-state index contributed by atoms with van der Waals surface area (Å²) < 4.78 is 335.